The number of hydrogen-bond donors (Lipinski definition) is 2. The van der Waals surface area contributed by atoms with Crippen molar-refractivity contribution in [1.82, 2.24) is 19.5 Å². The van der Waals surface area contributed by atoms with E-state index in [2.05, 4.69) is 19.5 Å². The quantitative estimate of drug-likeness (QED) is 0.770. The molecule has 3 aromatic heterocycles. The molecule has 4 rings (SSSR count). The Bertz CT molecular complexity index is 843. The summed E-state index contributed by atoms with van der Waals surface area (Å²) in [6.45, 7) is 2.63. The Morgan fingerprint density at radius 1 is 1.38 bits per heavy atom. The van der Waals surface area contributed by atoms with Gasteiger partial charge >= 0.3 is 0 Å². The van der Waals surface area contributed by atoms with Crippen LogP contribution < -0.4 is 0 Å². The first kappa shape index (κ1) is 15.6. The summed E-state index contributed by atoms with van der Waals surface area (Å²) < 4.78 is 7.58. The van der Waals surface area contributed by atoms with Crippen LogP contribution in [0.15, 0.2) is 18.5 Å². The van der Waals surface area contributed by atoms with Crippen molar-refractivity contribution in [1.29, 1.82) is 0 Å². The fourth-order valence-electron chi connectivity index (χ4n) is 4.08. The maximum atomic E-state index is 10.3. The second kappa shape index (κ2) is 6.18. The molecule has 0 saturated heterocycles. The Hall–Kier alpha value is -1.92. The number of ether oxygens (including phenoxy) is 1. The number of hydrogen-bond acceptors (Lipinski definition) is 4. The number of rotatable bonds is 4. The Morgan fingerprint density at radius 2 is 2.17 bits per heavy atom. The number of aromatic amines is 1. The molecule has 2 N–H and O–H groups in total. The highest BCUT2D eigenvalue weighted by atomic mass is 16.5. The van der Waals surface area contributed by atoms with Gasteiger partial charge in [0.15, 0.2) is 0 Å². The topological polar surface area (TPSA) is 76.0 Å². The number of aromatic nitrogens is 4. The van der Waals surface area contributed by atoms with Gasteiger partial charge in [0.05, 0.1) is 11.7 Å². The third kappa shape index (κ3) is 2.50. The molecule has 0 unspecified atom stereocenters. The predicted molar refractivity (Wildman–Crippen MR) is 92.9 cm³/mol. The summed E-state index contributed by atoms with van der Waals surface area (Å²) in [4.78, 5) is 12.3. The molecule has 1 atom stereocenters. The molecule has 0 amide bonds. The molecule has 6 heteroatoms. The van der Waals surface area contributed by atoms with Crippen molar-refractivity contribution in [2.75, 3.05) is 13.7 Å². The van der Waals surface area contributed by atoms with Crippen LogP contribution in [0.4, 0.5) is 0 Å². The van der Waals surface area contributed by atoms with E-state index >= 15 is 0 Å². The lowest BCUT2D eigenvalue weighted by Gasteiger charge is -2.30. The van der Waals surface area contributed by atoms with E-state index in [1.165, 1.54) is 0 Å². The van der Waals surface area contributed by atoms with Crippen molar-refractivity contribution in [3.8, 4) is 0 Å². The van der Waals surface area contributed by atoms with E-state index in [1.807, 2.05) is 12.3 Å². The minimum Gasteiger partial charge on any atom is -0.385 e. The zero-order valence-corrected chi connectivity index (χ0v) is 14.2. The van der Waals surface area contributed by atoms with Gasteiger partial charge < -0.3 is 19.4 Å². The summed E-state index contributed by atoms with van der Waals surface area (Å²) in [7, 11) is 1.77. The van der Waals surface area contributed by atoms with Crippen LogP contribution in [-0.4, -0.2) is 38.3 Å². The smallest absolute Gasteiger partial charge is 0.139 e. The molecule has 3 aromatic rings. The van der Waals surface area contributed by atoms with Crippen LogP contribution in [0.25, 0.3) is 22.1 Å². The molecule has 0 radical (unpaired) electrons. The summed E-state index contributed by atoms with van der Waals surface area (Å²) in [6.07, 6.45) is 7.60. The molecule has 0 bridgehead atoms. The Morgan fingerprint density at radius 3 is 2.88 bits per heavy atom. The van der Waals surface area contributed by atoms with E-state index in [0.717, 1.165) is 60.2 Å². The largest absolute Gasteiger partial charge is 0.385 e. The van der Waals surface area contributed by atoms with Gasteiger partial charge in [-0.1, -0.05) is 0 Å². The SMILES string of the molecule is COCC1CCC(n2c([C@@H](C)O)nc3cnc4[nH]ccc4c32)CC1. The fraction of sp³-hybridized carbons (Fsp3) is 0.556. The van der Waals surface area contributed by atoms with E-state index in [9.17, 15) is 5.11 Å². The van der Waals surface area contributed by atoms with Crippen molar-refractivity contribution in [2.45, 2.75) is 44.8 Å². The maximum Gasteiger partial charge on any atom is 0.139 e. The van der Waals surface area contributed by atoms with Crippen LogP contribution in [0.5, 0.6) is 0 Å². The van der Waals surface area contributed by atoms with Crippen molar-refractivity contribution in [3.63, 3.8) is 0 Å². The lowest BCUT2D eigenvalue weighted by Crippen LogP contribution is -2.22. The molecular weight excluding hydrogens is 304 g/mol. The lowest BCUT2D eigenvalue weighted by molar-refractivity contribution is 0.117. The van der Waals surface area contributed by atoms with Crippen LogP contribution in [0, 0.1) is 5.92 Å². The normalized spacial score (nSPS) is 23.1. The van der Waals surface area contributed by atoms with Gasteiger partial charge in [-0.3, -0.25) is 0 Å². The van der Waals surface area contributed by atoms with Crippen molar-refractivity contribution >= 4 is 22.1 Å². The third-order valence-corrected chi connectivity index (χ3v) is 5.22. The van der Waals surface area contributed by atoms with Gasteiger partial charge in [-0.25, -0.2) is 9.97 Å². The molecule has 1 saturated carbocycles. The average molecular weight is 328 g/mol. The number of H-pyrrole nitrogens is 1. The van der Waals surface area contributed by atoms with E-state index in [4.69, 9.17) is 4.74 Å². The average Bonchev–Trinajstić information content (AvgIpc) is 3.19. The minimum absolute atomic E-state index is 0.369. The van der Waals surface area contributed by atoms with Gasteiger partial charge in [-0.2, -0.15) is 0 Å². The first-order valence-corrected chi connectivity index (χ1v) is 8.70. The molecule has 0 spiro atoms. The van der Waals surface area contributed by atoms with Crippen LogP contribution in [0.1, 0.15) is 50.6 Å². The highest BCUT2D eigenvalue weighted by molar-refractivity contribution is 6.01. The molecular formula is C18H24N4O2. The first-order valence-electron chi connectivity index (χ1n) is 8.70. The summed E-state index contributed by atoms with van der Waals surface area (Å²) in [5.41, 5.74) is 2.82. The Kier molecular flexibility index (Phi) is 4.02. The van der Waals surface area contributed by atoms with E-state index in [-0.39, 0.29) is 0 Å². The second-order valence-corrected chi connectivity index (χ2v) is 6.88. The van der Waals surface area contributed by atoms with Crippen LogP contribution in [-0.2, 0) is 4.74 Å². The van der Waals surface area contributed by atoms with Gasteiger partial charge in [-0.15, -0.1) is 0 Å². The highest BCUT2D eigenvalue weighted by Gasteiger charge is 2.28. The van der Waals surface area contributed by atoms with Crippen LogP contribution >= 0.6 is 0 Å². The molecule has 6 nitrogen and oxygen atoms in total. The van der Waals surface area contributed by atoms with Gasteiger partial charge in [0.25, 0.3) is 0 Å². The number of fused-ring (bicyclic) bond motifs is 3. The molecule has 3 heterocycles. The van der Waals surface area contributed by atoms with Crippen LogP contribution in [0.2, 0.25) is 0 Å². The monoisotopic (exact) mass is 328 g/mol. The predicted octanol–water partition coefficient (Wildman–Crippen LogP) is 3.34. The minimum atomic E-state index is -0.594. The number of nitrogens with zero attached hydrogens (tertiary/aromatic N) is 3. The summed E-state index contributed by atoms with van der Waals surface area (Å²) in [6, 6.07) is 2.42. The van der Waals surface area contributed by atoms with Gasteiger partial charge in [0, 0.05) is 31.3 Å². The molecule has 1 aliphatic carbocycles. The molecule has 0 aromatic carbocycles. The number of aliphatic hydroxyl groups is 1. The Labute approximate surface area is 140 Å². The van der Waals surface area contributed by atoms with Crippen molar-refractivity contribution in [3.05, 3.63) is 24.3 Å². The maximum absolute atomic E-state index is 10.3. The van der Waals surface area contributed by atoms with Gasteiger partial charge in [0.2, 0.25) is 0 Å². The molecule has 128 valence electrons. The lowest BCUT2D eigenvalue weighted by atomic mass is 9.86. The first-order chi connectivity index (χ1) is 11.7. The van der Waals surface area contributed by atoms with E-state index in [1.54, 1.807) is 20.2 Å². The summed E-state index contributed by atoms with van der Waals surface area (Å²) >= 11 is 0. The molecule has 0 aliphatic heterocycles. The zero-order chi connectivity index (χ0) is 16.7. The summed E-state index contributed by atoms with van der Waals surface area (Å²) in [5, 5.41) is 11.3. The number of aliphatic hydroxyl groups excluding tert-OH is 1. The third-order valence-electron chi connectivity index (χ3n) is 5.22. The van der Waals surface area contributed by atoms with Gasteiger partial charge in [-0.05, 0) is 44.6 Å². The van der Waals surface area contributed by atoms with Crippen molar-refractivity contribution < 1.29 is 9.84 Å². The van der Waals surface area contributed by atoms with Gasteiger partial charge in [0.1, 0.15) is 23.1 Å². The molecule has 1 aliphatic rings. The molecule has 1 fully saturated rings. The van der Waals surface area contributed by atoms with Crippen molar-refractivity contribution in [2.24, 2.45) is 5.92 Å². The second-order valence-electron chi connectivity index (χ2n) is 6.88. The van der Waals surface area contributed by atoms with Crippen LogP contribution in [0.3, 0.4) is 0 Å². The Balaban J connectivity index is 1.81. The number of imidazole rings is 1. The van der Waals surface area contributed by atoms with E-state index in [0.29, 0.717) is 12.0 Å². The number of nitrogens with one attached hydrogen (secondary N) is 1. The van der Waals surface area contributed by atoms with E-state index < -0.39 is 6.10 Å². The molecule has 24 heavy (non-hydrogen) atoms. The fourth-order valence-corrected chi connectivity index (χ4v) is 4.08. The number of pyridine rings is 1. The summed E-state index contributed by atoms with van der Waals surface area (Å²) in [5.74, 6) is 1.39. The number of methoxy groups -OCH3 is 1. The standard InChI is InChI=1S/C18H24N4O2/c1-11(23)18-21-15-9-20-17-14(7-8-19-17)16(15)22(18)13-5-3-12(4-6-13)10-24-2/h7-9,11-13,23H,3-6,10H2,1-2H3,(H,19,20)/t11-,12?,13?/m1/s1. The highest BCUT2D eigenvalue weighted by Crippen LogP contribution is 2.38. The zero-order valence-electron chi connectivity index (χ0n) is 14.2.